The average Bonchev–Trinajstić information content (AvgIpc) is 3.48. The number of nitrogens with zero attached hydrogens (tertiary/aromatic N) is 3. The molecule has 1 unspecified atom stereocenters. The maximum Gasteiger partial charge on any atom is 0.257 e. The number of benzene rings is 1. The molecule has 0 radical (unpaired) electrons. The van der Waals surface area contributed by atoms with E-state index in [1.807, 2.05) is 4.90 Å². The third kappa shape index (κ3) is 3.24. The fraction of sp³-hybridized carbons (Fsp3) is 0.364. The van der Waals surface area contributed by atoms with Crippen molar-refractivity contribution in [2.24, 2.45) is 0 Å². The summed E-state index contributed by atoms with van der Waals surface area (Å²) in [6, 6.07) is 12.3. The Bertz CT molecular complexity index is 948. The van der Waals surface area contributed by atoms with Gasteiger partial charge in [-0.3, -0.25) is 14.8 Å². The zero-order valence-electron chi connectivity index (χ0n) is 15.8. The molecular weight excluding hydrogens is 352 g/mol. The molecule has 2 aromatic heterocycles. The molecule has 3 aromatic rings. The summed E-state index contributed by atoms with van der Waals surface area (Å²) in [7, 11) is 0. The monoisotopic (exact) mass is 376 g/mol. The van der Waals surface area contributed by atoms with E-state index in [2.05, 4.69) is 45.4 Å². The number of carbonyl (C=O) groups is 1. The van der Waals surface area contributed by atoms with E-state index in [0.717, 1.165) is 51.3 Å². The minimum Gasteiger partial charge on any atom is -0.472 e. The standard InChI is InChI=1S/C22H24N4O2/c27-22(18-8-11-28-15-18)26-10-6-17(13-26)21-19-14-25(9-7-20(19)23-24-21)12-16-4-2-1-3-5-16/h1-5,8,11,15,17H,6-7,9-10,12-14H2,(H,23,24). The van der Waals surface area contributed by atoms with Crippen molar-refractivity contribution in [2.45, 2.75) is 31.8 Å². The zero-order chi connectivity index (χ0) is 18.9. The van der Waals surface area contributed by atoms with Gasteiger partial charge in [-0.25, -0.2) is 0 Å². The number of furan rings is 1. The number of amides is 1. The maximum atomic E-state index is 12.6. The van der Waals surface area contributed by atoms with E-state index in [-0.39, 0.29) is 5.91 Å². The molecule has 1 aromatic carbocycles. The number of likely N-dealkylation sites (tertiary alicyclic amines) is 1. The van der Waals surface area contributed by atoms with Crippen LogP contribution < -0.4 is 0 Å². The molecule has 6 nitrogen and oxygen atoms in total. The lowest BCUT2D eigenvalue weighted by Gasteiger charge is -2.27. The highest BCUT2D eigenvalue weighted by Gasteiger charge is 2.33. The lowest BCUT2D eigenvalue weighted by atomic mass is 9.96. The van der Waals surface area contributed by atoms with Gasteiger partial charge in [-0.2, -0.15) is 5.10 Å². The number of H-pyrrole nitrogens is 1. The van der Waals surface area contributed by atoms with Crippen LogP contribution in [0.2, 0.25) is 0 Å². The number of nitrogens with one attached hydrogen (secondary N) is 1. The Morgan fingerprint density at radius 1 is 1.21 bits per heavy atom. The summed E-state index contributed by atoms with van der Waals surface area (Å²) in [5.74, 6) is 0.346. The molecule has 1 N–H and O–H groups in total. The highest BCUT2D eigenvalue weighted by atomic mass is 16.3. The van der Waals surface area contributed by atoms with E-state index in [0.29, 0.717) is 11.5 Å². The van der Waals surface area contributed by atoms with Crippen molar-refractivity contribution in [3.63, 3.8) is 0 Å². The van der Waals surface area contributed by atoms with Crippen LogP contribution in [0.3, 0.4) is 0 Å². The van der Waals surface area contributed by atoms with Gasteiger partial charge in [0, 0.05) is 56.3 Å². The third-order valence-corrected chi connectivity index (χ3v) is 5.92. The molecule has 1 atom stereocenters. The van der Waals surface area contributed by atoms with Crippen LogP contribution in [0.4, 0.5) is 0 Å². The van der Waals surface area contributed by atoms with Gasteiger partial charge in [-0.05, 0) is 18.1 Å². The zero-order valence-corrected chi connectivity index (χ0v) is 15.8. The van der Waals surface area contributed by atoms with Crippen molar-refractivity contribution in [1.29, 1.82) is 0 Å². The predicted molar refractivity (Wildman–Crippen MR) is 105 cm³/mol. The molecule has 6 heteroatoms. The highest BCUT2D eigenvalue weighted by molar-refractivity contribution is 5.94. The first-order valence-corrected chi connectivity index (χ1v) is 9.91. The van der Waals surface area contributed by atoms with Gasteiger partial charge >= 0.3 is 0 Å². The van der Waals surface area contributed by atoms with Gasteiger partial charge in [0.15, 0.2) is 0 Å². The molecule has 0 bridgehead atoms. The second-order valence-corrected chi connectivity index (χ2v) is 7.76. The maximum absolute atomic E-state index is 12.6. The first-order chi connectivity index (χ1) is 13.8. The molecule has 0 spiro atoms. The summed E-state index contributed by atoms with van der Waals surface area (Å²) in [5, 5.41) is 7.93. The minimum atomic E-state index is 0.0476. The summed E-state index contributed by atoms with van der Waals surface area (Å²) in [6.07, 6.45) is 5.03. The van der Waals surface area contributed by atoms with Gasteiger partial charge in [0.25, 0.3) is 5.91 Å². The highest BCUT2D eigenvalue weighted by Crippen LogP contribution is 2.33. The molecule has 1 saturated heterocycles. The van der Waals surface area contributed by atoms with Crippen molar-refractivity contribution >= 4 is 5.91 Å². The van der Waals surface area contributed by atoms with E-state index in [1.54, 1.807) is 12.3 Å². The smallest absolute Gasteiger partial charge is 0.257 e. The molecule has 2 aliphatic heterocycles. The van der Waals surface area contributed by atoms with E-state index in [4.69, 9.17) is 4.42 Å². The van der Waals surface area contributed by atoms with Crippen LogP contribution in [0, 0.1) is 0 Å². The Labute approximate surface area is 164 Å². The molecule has 0 aliphatic carbocycles. The summed E-state index contributed by atoms with van der Waals surface area (Å²) in [4.78, 5) is 17.0. The van der Waals surface area contributed by atoms with Gasteiger partial charge in [-0.15, -0.1) is 0 Å². The molecule has 5 rings (SSSR count). The second-order valence-electron chi connectivity index (χ2n) is 7.76. The van der Waals surface area contributed by atoms with Crippen LogP contribution in [-0.4, -0.2) is 45.5 Å². The Morgan fingerprint density at radius 2 is 2.11 bits per heavy atom. The van der Waals surface area contributed by atoms with Gasteiger partial charge in [0.05, 0.1) is 17.5 Å². The molecule has 0 saturated carbocycles. The number of carbonyl (C=O) groups excluding carboxylic acids is 1. The van der Waals surface area contributed by atoms with Crippen molar-refractivity contribution in [1.82, 2.24) is 20.0 Å². The Balaban J connectivity index is 1.29. The van der Waals surface area contributed by atoms with Crippen LogP contribution in [0.5, 0.6) is 0 Å². The molecule has 2 aliphatic rings. The van der Waals surface area contributed by atoms with Gasteiger partial charge in [0.2, 0.25) is 0 Å². The second kappa shape index (κ2) is 7.28. The van der Waals surface area contributed by atoms with Crippen molar-refractivity contribution in [2.75, 3.05) is 19.6 Å². The first-order valence-electron chi connectivity index (χ1n) is 9.91. The van der Waals surface area contributed by atoms with Crippen molar-refractivity contribution in [3.05, 3.63) is 77.0 Å². The lowest BCUT2D eigenvalue weighted by Crippen LogP contribution is -2.31. The molecular formula is C22H24N4O2. The van der Waals surface area contributed by atoms with Crippen LogP contribution in [0.25, 0.3) is 0 Å². The number of hydrogen-bond donors (Lipinski definition) is 1. The average molecular weight is 376 g/mol. The van der Waals surface area contributed by atoms with Crippen LogP contribution >= 0.6 is 0 Å². The van der Waals surface area contributed by atoms with E-state index >= 15 is 0 Å². The minimum absolute atomic E-state index is 0.0476. The Hall–Kier alpha value is -2.86. The normalized spacial score (nSPS) is 19.7. The third-order valence-electron chi connectivity index (χ3n) is 5.92. The summed E-state index contributed by atoms with van der Waals surface area (Å²) in [5.41, 5.74) is 5.71. The predicted octanol–water partition coefficient (Wildman–Crippen LogP) is 3.19. The van der Waals surface area contributed by atoms with Gasteiger partial charge in [0.1, 0.15) is 6.26 Å². The number of fused-ring (bicyclic) bond motifs is 1. The first kappa shape index (κ1) is 17.3. The SMILES string of the molecule is O=C(c1ccoc1)N1CCC(c2n[nH]c3c2CN(Cc2ccccc2)CC3)C1. The number of rotatable bonds is 4. The number of hydrogen-bond acceptors (Lipinski definition) is 4. The number of aromatic nitrogens is 2. The van der Waals surface area contributed by atoms with Crippen molar-refractivity contribution in [3.8, 4) is 0 Å². The summed E-state index contributed by atoms with van der Waals surface area (Å²) < 4.78 is 5.06. The van der Waals surface area contributed by atoms with Crippen LogP contribution in [0.1, 0.15) is 45.2 Å². The van der Waals surface area contributed by atoms with E-state index < -0.39 is 0 Å². The van der Waals surface area contributed by atoms with Crippen LogP contribution in [-0.2, 0) is 19.5 Å². The van der Waals surface area contributed by atoms with Gasteiger partial charge in [-0.1, -0.05) is 30.3 Å². The largest absolute Gasteiger partial charge is 0.472 e. The van der Waals surface area contributed by atoms with E-state index in [9.17, 15) is 4.79 Å². The topological polar surface area (TPSA) is 65.4 Å². The summed E-state index contributed by atoms with van der Waals surface area (Å²) >= 11 is 0. The quantitative estimate of drug-likeness (QED) is 0.759. The molecule has 1 amide bonds. The number of aromatic amines is 1. The van der Waals surface area contributed by atoms with Crippen LogP contribution in [0.15, 0.2) is 53.3 Å². The lowest BCUT2D eigenvalue weighted by molar-refractivity contribution is 0.0790. The van der Waals surface area contributed by atoms with E-state index in [1.165, 1.54) is 23.1 Å². The molecule has 144 valence electrons. The molecule has 4 heterocycles. The van der Waals surface area contributed by atoms with Gasteiger partial charge < -0.3 is 9.32 Å². The van der Waals surface area contributed by atoms with Crippen molar-refractivity contribution < 1.29 is 9.21 Å². The Kier molecular flexibility index (Phi) is 4.49. The summed E-state index contributed by atoms with van der Waals surface area (Å²) in [6.45, 7) is 4.41. The fourth-order valence-electron chi connectivity index (χ4n) is 4.42. The molecule has 28 heavy (non-hydrogen) atoms. The Morgan fingerprint density at radius 3 is 2.93 bits per heavy atom. The molecule has 1 fully saturated rings. The fourth-order valence-corrected chi connectivity index (χ4v) is 4.42.